The summed E-state index contributed by atoms with van der Waals surface area (Å²) in [6.07, 6.45) is 0.210. The predicted molar refractivity (Wildman–Crippen MR) is 95.2 cm³/mol. The van der Waals surface area contributed by atoms with Crippen LogP contribution in [0.2, 0.25) is 5.02 Å². The Bertz CT molecular complexity index is 631. The highest BCUT2D eigenvalue weighted by atomic mass is 35.5. The Morgan fingerprint density at radius 2 is 1.83 bits per heavy atom. The fraction of sp³-hybridized carbons (Fsp3) is 0.333. The minimum atomic E-state index is -0.620. The van der Waals surface area contributed by atoms with Crippen LogP contribution in [0.3, 0.4) is 0 Å². The van der Waals surface area contributed by atoms with Gasteiger partial charge in [0.2, 0.25) is 0 Å². The van der Waals surface area contributed by atoms with E-state index < -0.39 is 6.10 Å². The topological polar surface area (TPSA) is 64.5 Å². The molecule has 2 rings (SSSR count). The first-order valence-corrected chi connectivity index (χ1v) is 8.05. The van der Waals surface area contributed by atoms with E-state index in [2.05, 4.69) is 10.6 Å². The normalized spacial score (nSPS) is 13.6. The molecule has 0 heterocycles. The highest BCUT2D eigenvalue weighted by Crippen LogP contribution is 2.23. The minimum absolute atomic E-state index is 0.0911. The molecule has 0 bridgehead atoms. The second kappa shape index (κ2) is 8.20. The molecule has 0 fully saturated rings. The molecule has 0 aliphatic carbocycles. The number of aromatic hydroxyl groups is 1. The molecule has 5 heteroatoms. The first-order chi connectivity index (χ1) is 11.0. The van der Waals surface area contributed by atoms with E-state index in [4.69, 9.17) is 11.6 Å². The Morgan fingerprint density at radius 3 is 2.43 bits per heavy atom. The number of nitrogens with one attached hydrogen (secondary N) is 2. The zero-order chi connectivity index (χ0) is 16.8. The van der Waals surface area contributed by atoms with Gasteiger partial charge >= 0.3 is 0 Å². The largest absolute Gasteiger partial charge is 0.508 e. The van der Waals surface area contributed by atoms with Crippen LogP contribution in [-0.2, 0) is 6.42 Å². The molecule has 0 aromatic heterocycles. The second-order valence-electron chi connectivity index (χ2n) is 5.59. The summed E-state index contributed by atoms with van der Waals surface area (Å²) >= 11 is 6.17. The molecule has 4 nitrogen and oxygen atoms in total. The number of aliphatic hydroxyl groups is 1. The quantitative estimate of drug-likeness (QED) is 0.627. The van der Waals surface area contributed by atoms with Gasteiger partial charge in [0.25, 0.3) is 0 Å². The summed E-state index contributed by atoms with van der Waals surface area (Å²) in [4.78, 5) is 0. The molecule has 4 N–H and O–H groups in total. The van der Waals surface area contributed by atoms with Crippen molar-refractivity contribution in [3.63, 3.8) is 0 Å². The smallest absolute Gasteiger partial charge is 0.115 e. The number of rotatable bonds is 7. The van der Waals surface area contributed by atoms with E-state index in [1.165, 1.54) is 0 Å². The number of hydrogen-bond donors (Lipinski definition) is 4. The maximum atomic E-state index is 10.3. The zero-order valence-corrected chi connectivity index (χ0v) is 14.1. The van der Waals surface area contributed by atoms with E-state index in [1.807, 2.05) is 32.2 Å². The molecule has 0 saturated carbocycles. The second-order valence-corrected chi connectivity index (χ2v) is 6.00. The molecule has 0 spiro atoms. The number of anilines is 1. The average Bonchev–Trinajstić information content (AvgIpc) is 2.55. The first kappa shape index (κ1) is 17.6. The summed E-state index contributed by atoms with van der Waals surface area (Å²) in [5.74, 6) is 0.198. The van der Waals surface area contributed by atoms with Crippen LogP contribution >= 0.6 is 11.6 Å². The van der Waals surface area contributed by atoms with Crippen LogP contribution in [0.5, 0.6) is 5.75 Å². The summed E-state index contributed by atoms with van der Waals surface area (Å²) in [7, 11) is 1.84. The fourth-order valence-corrected chi connectivity index (χ4v) is 2.73. The van der Waals surface area contributed by atoms with Gasteiger partial charge < -0.3 is 20.8 Å². The number of halogens is 1. The van der Waals surface area contributed by atoms with Crippen molar-refractivity contribution >= 4 is 17.3 Å². The maximum Gasteiger partial charge on any atom is 0.115 e. The Balaban J connectivity index is 1.85. The maximum absolute atomic E-state index is 10.3. The van der Waals surface area contributed by atoms with Crippen LogP contribution in [-0.4, -0.2) is 29.8 Å². The Kier molecular flexibility index (Phi) is 6.28. The lowest BCUT2D eigenvalue weighted by atomic mass is 10.0. The SMILES string of the molecule is CNc1ccc(CCN[C@@H](C)[C@H](O)c2ccc(O)cc2)cc1Cl. The van der Waals surface area contributed by atoms with Crippen molar-refractivity contribution < 1.29 is 10.2 Å². The number of hydrogen-bond acceptors (Lipinski definition) is 4. The van der Waals surface area contributed by atoms with Crippen LogP contribution in [0, 0.1) is 0 Å². The van der Waals surface area contributed by atoms with E-state index in [0.29, 0.717) is 5.02 Å². The van der Waals surface area contributed by atoms with Crippen molar-refractivity contribution in [3.8, 4) is 5.75 Å². The van der Waals surface area contributed by atoms with Gasteiger partial charge in [0.15, 0.2) is 0 Å². The van der Waals surface area contributed by atoms with Gasteiger partial charge in [0.05, 0.1) is 16.8 Å². The van der Waals surface area contributed by atoms with Crippen LogP contribution in [0.25, 0.3) is 0 Å². The van der Waals surface area contributed by atoms with Gasteiger partial charge in [0.1, 0.15) is 5.75 Å². The predicted octanol–water partition coefficient (Wildman–Crippen LogP) is 3.34. The van der Waals surface area contributed by atoms with Gasteiger partial charge in [-0.3, -0.25) is 0 Å². The number of phenolic OH excluding ortho intramolecular Hbond substituents is 1. The van der Waals surface area contributed by atoms with Crippen molar-refractivity contribution in [2.45, 2.75) is 25.5 Å². The monoisotopic (exact) mass is 334 g/mol. The average molecular weight is 335 g/mol. The lowest BCUT2D eigenvalue weighted by Crippen LogP contribution is -2.33. The zero-order valence-electron chi connectivity index (χ0n) is 13.4. The van der Waals surface area contributed by atoms with Gasteiger partial charge in [-0.15, -0.1) is 0 Å². The van der Waals surface area contributed by atoms with Crippen molar-refractivity contribution in [2.24, 2.45) is 0 Å². The van der Waals surface area contributed by atoms with Gasteiger partial charge in [-0.05, 0) is 55.3 Å². The molecule has 124 valence electrons. The minimum Gasteiger partial charge on any atom is -0.508 e. The molecule has 0 amide bonds. The van der Waals surface area contributed by atoms with Gasteiger partial charge in [-0.2, -0.15) is 0 Å². The van der Waals surface area contributed by atoms with Gasteiger partial charge in [-0.1, -0.05) is 29.8 Å². The number of benzene rings is 2. The molecule has 2 aromatic rings. The molecular formula is C18H23ClN2O2. The molecular weight excluding hydrogens is 312 g/mol. The Morgan fingerprint density at radius 1 is 1.13 bits per heavy atom. The molecule has 0 aliphatic heterocycles. The van der Waals surface area contributed by atoms with Crippen molar-refractivity contribution in [1.82, 2.24) is 5.32 Å². The lowest BCUT2D eigenvalue weighted by Gasteiger charge is -2.21. The Hall–Kier alpha value is -1.75. The summed E-state index contributed by atoms with van der Waals surface area (Å²) in [5, 5.41) is 26.7. The van der Waals surface area contributed by atoms with E-state index >= 15 is 0 Å². The molecule has 0 saturated heterocycles. The summed E-state index contributed by atoms with van der Waals surface area (Å²) in [6.45, 7) is 2.68. The molecule has 0 aliphatic rings. The summed E-state index contributed by atoms with van der Waals surface area (Å²) in [6, 6.07) is 12.5. The third-order valence-corrected chi connectivity index (χ3v) is 4.20. The third-order valence-electron chi connectivity index (χ3n) is 3.89. The van der Waals surface area contributed by atoms with Crippen LogP contribution in [0.4, 0.5) is 5.69 Å². The molecule has 2 atom stereocenters. The summed E-state index contributed by atoms with van der Waals surface area (Å²) in [5.41, 5.74) is 2.84. The third kappa shape index (κ3) is 4.86. The van der Waals surface area contributed by atoms with E-state index in [1.54, 1.807) is 24.3 Å². The van der Waals surface area contributed by atoms with Crippen molar-refractivity contribution in [1.29, 1.82) is 0 Å². The van der Waals surface area contributed by atoms with E-state index in [0.717, 1.165) is 29.8 Å². The van der Waals surface area contributed by atoms with Crippen LogP contribution in [0.15, 0.2) is 42.5 Å². The molecule has 2 aromatic carbocycles. The van der Waals surface area contributed by atoms with Crippen molar-refractivity contribution in [2.75, 3.05) is 18.9 Å². The standard InChI is InChI=1S/C18H23ClN2O2/c1-12(18(23)14-4-6-15(22)7-5-14)21-10-9-13-3-8-17(20-2)16(19)11-13/h3-8,11-12,18,20-23H,9-10H2,1-2H3/t12-,18-/m0/s1. The highest BCUT2D eigenvalue weighted by molar-refractivity contribution is 6.33. The lowest BCUT2D eigenvalue weighted by molar-refractivity contribution is 0.136. The number of phenols is 1. The summed E-state index contributed by atoms with van der Waals surface area (Å²) < 4.78 is 0. The van der Waals surface area contributed by atoms with Gasteiger partial charge in [-0.25, -0.2) is 0 Å². The van der Waals surface area contributed by atoms with Crippen LogP contribution in [0.1, 0.15) is 24.2 Å². The fourth-order valence-electron chi connectivity index (χ4n) is 2.43. The first-order valence-electron chi connectivity index (χ1n) is 7.68. The van der Waals surface area contributed by atoms with Crippen LogP contribution < -0.4 is 10.6 Å². The van der Waals surface area contributed by atoms with Gasteiger partial charge in [0, 0.05) is 13.1 Å². The molecule has 0 radical (unpaired) electrons. The van der Waals surface area contributed by atoms with E-state index in [-0.39, 0.29) is 11.8 Å². The Labute approximate surface area is 142 Å². The molecule has 23 heavy (non-hydrogen) atoms. The number of aliphatic hydroxyl groups excluding tert-OH is 1. The van der Waals surface area contributed by atoms with E-state index in [9.17, 15) is 10.2 Å². The molecule has 0 unspecified atom stereocenters. The highest BCUT2D eigenvalue weighted by Gasteiger charge is 2.15. The van der Waals surface area contributed by atoms with Crippen molar-refractivity contribution in [3.05, 3.63) is 58.6 Å².